The van der Waals surface area contributed by atoms with Crippen molar-refractivity contribution in [3.8, 4) is 0 Å². The van der Waals surface area contributed by atoms with Crippen molar-refractivity contribution in [3.63, 3.8) is 0 Å². The highest BCUT2D eigenvalue weighted by molar-refractivity contribution is 6.99. The van der Waals surface area contributed by atoms with E-state index in [0.717, 1.165) is 6.29 Å². The number of likely N-dealkylation sites (tertiary alicyclic amines) is 1. The second-order valence-electron chi connectivity index (χ2n) is 11.2. The molecular formula is C28H39NO4Si. The molecule has 1 aliphatic rings. The number of hydrogen-bond donors (Lipinski definition) is 0. The summed E-state index contributed by atoms with van der Waals surface area (Å²) in [5.74, 6) is -0.0774. The molecule has 0 aliphatic carbocycles. The average Bonchev–Trinajstić information content (AvgIpc) is 2.78. The number of hydrogen-bond acceptors (Lipinski definition) is 4. The highest BCUT2D eigenvalue weighted by Crippen LogP contribution is 2.37. The lowest BCUT2D eigenvalue weighted by atomic mass is 9.93. The van der Waals surface area contributed by atoms with Crippen LogP contribution in [0.25, 0.3) is 0 Å². The summed E-state index contributed by atoms with van der Waals surface area (Å²) in [6.45, 7) is 13.2. The third-order valence-corrected chi connectivity index (χ3v) is 11.5. The number of benzene rings is 2. The number of ether oxygens (including phenoxy) is 1. The van der Waals surface area contributed by atoms with Gasteiger partial charge in [0.2, 0.25) is 0 Å². The standard InChI is InChI=1S/C28H39NO4Si/c1-27(2,3)33-26(31)29-18-17-22(20-30)19-23(29)21-32-34(28(4,5)6,24-13-9-7-10-14-24)25-15-11-8-12-16-25/h7-16,20,22-23H,17-19,21H2,1-6H3/t22-,23-/m1/s1. The number of rotatable bonds is 6. The van der Waals surface area contributed by atoms with E-state index in [1.165, 1.54) is 10.4 Å². The van der Waals surface area contributed by atoms with Crippen molar-refractivity contribution >= 4 is 31.1 Å². The van der Waals surface area contributed by atoms with E-state index in [1.807, 2.05) is 32.9 Å². The van der Waals surface area contributed by atoms with Crippen LogP contribution in [0.5, 0.6) is 0 Å². The van der Waals surface area contributed by atoms with Crippen LogP contribution in [0.1, 0.15) is 54.4 Å². The number of aldehydes is 1. The normalized spacial score (nSPS) is 19.5. The number of carbonyl (C=O) groups is 2. The van der Waals surface area contributed by atoms with Crippen LogP contribution in [0.4, 0.5) is 4.79 Å². The minimum absolute atomic E-state index is 0.0774. The first-order valence-corrected chi connectivity index (χ1v) is 14.1. The quantitative estimate of drug-likeness (QED) is 0.440. The molecule has 1 saturated heterocycles. The molecule has 3 rings (SSSR count). The van der Waals surface area contributed by atoms with Crippen molar-refractivity contribution in [3.05, 3.63) is 60.7 Å². The average molecular weight is 482 g/mol. The maximum Gasteiger partial charge on any atom is 0.410 e. The second-order valence-corrected chi connectivity index (χ2v) is 15.5. The maximum atomic E-state index is 13.1. The van der Waals surface area contributed by atoms with Crippen LogP contribution in [-0.4, -0.2) is 50.4 Å². The highest BCUT2D eigenvalue weighted by atomic mass is 28.4. The summed E-state index contributed by atoms with van der Waals surface area (Å²) in [6.07, 6.45) is 1.91. The van der Waals surface area contributed by atoms with Gasteiger partial charge in [-0.1, -0.05) is 81.4 Å². The molecule has 0 aromatic heterocycles. The molecule has 1 amide bonds. The Kier molecular flexibility index (Phi) is 8.04. The summed E-state index contributed by atoms with van der Waals surface area (Å²) in [5.41, 5.74) is -0.581. The van der Waals surface area contributed by atoms with Crippen molar-refractivity contribution in [1.29, 1.82) is 0 Å². The lowest BCUT2D eigenvalue weighted by molar-refractivity contribution is -0.113. The number of nitrogens with zero attached hydrogens (tertiary/aromatic N) is 1. The molecule has 0 N–H and O–H groups in total. The van der Waals surface area contributed by atoms with Gasteiger partial charge in [-0.3, -0.25) is 0 Å². The predicted octanol–water partition coefficient (Wildman–Crippen LogP) is 4.78. The molecule has 0 saturated carbocycles. The molecule has 184 valence electrons. The maximum absolute atomic E-state index is 13.1. The Morgan fingerprint density at radius 3 is 1.94 bits per heavy atom. The summed E-state index contributed by atoms with van der Waals surface area (Å²) in [6, 6.07) is 20.7. The van der Waals surface area contributed by atoms with Crippen LogP contribution in [0.15, 0.2) is 60.7 Å². The third kappa shape index (κ3) is 5.78. The summed E-state index contributed by atoms with van der Waals surface area (Å²) in [5, 5.41) is 2.23. The SMILES string of the molecule is CC(C)(C)OC(=O)N1CC[C@@H](C=O)C[C@@H]1CO[Si](c1ccccc1)(c1ccccc1)C(C)(C)C. The molecule has 0 unspecified atom stereocenters. The van der Waals surface area contributed by atoms with E-state index in [4.69, 9.17) is 9.16 Å². The number of carbonyl (C=O) groups excluding carboxylic acids is 2. The smallest absolute Gasteiger partial charge is 0.410 e. The van der Waals surface area contributed by atoms with Gasteiger partial charge in [-0.15, -0.1) is 0 Å². The number of piperidine rings is 1. The zero-order valence-electron chi connectivity index (χ0n) is 21.4. The van der Waals surface area contributed by atoms with E-state index in [1.54, 1.807) is 4.90 Å². The van der Waals surface area contributed by atoms with Gasteiger partial charge >= 0.3 is 6.09 Å². The molecule has 1 fully saturated rings. The molecule has 0 bridgehead atoms. The Bertz CT molecular complexity index is 910. The lowest BCUT2D eigenvalue weighted by Gasteiger charge is -2.45. The first kappa shape index (κ1) is 26.2. The fraction of sp³-hybridized carbons (Fsp3) is 0.500. The summed E-state index contributed by atoms with van der Waals surface area (Å²) >= 11 is 0. The van der Waals surface area contributed by atoms with Crippen LogP contribution >= 0.6 is 0 Å². The highest BCUT2D eigenvalue weighted by Gasteiger charge is 2.51. The largest absolute Gasteiger partial charge is 0.444 e. The molecule has 0 radical (unpaired) electrons. The van der Waals surface area contributed by atoms with Gasteiger partial charge in [-0.05, 0) is 49.0 Å². The minimum atomic E-state index is -2.74. The minimum Gasteiger partial charge on any atom is -0.444 e. The van der Waals surface area contributed by atoms with Gasteiger partial charge in [0.15, 0.2) is 0 Å². The first-order chi connectivity index (χ1) is 16.0. The van der Waals surface area contributed by atoms with Crippen molar-refractivity contribution in [2.75, 3.05) is 13.2 Å². The van der Waals surface area contributed by atoms with E-state index in [-0.39, 0.29) is 23.1 Å². The number of amides is 1. The lowest BCUT2D eigenvalue weighted by Crippen LogP contribution is -2.67. The Hall–Kier alpha value is -2.44. The monoisotopic (exact) mass is 481 g/mol. The predicted molar refractivity (Wildman–Crippen MR) is 139 cm³/mol. The topological polar surface area (TPSA) is 55.8 Å². The van der Waals surface area contributed by atoms with E-state index >= 15 is 0 Å². The van der Waals surface area contributed by atoms with Crippen LogP contribution in [0.2, 0.25) is 5.04 Å². The van der Waals surface area contributed by atoms with Gasteiger partial charge in [0.1, 0.15) is 11.9 Å². The van der Waals surface area contributed by atoms with Gasteiger partial charge in [0.05, 0.1) is 12.6 Å². The Morgan fingerprint density at radius 2 is 1.50 bits per heavy atom. The molecule has 1 aliphatic heterocycles. The molecule has 6 heteroatoms. The molecule has 34 heavy (non-hydrogen) atoms. The van der Waals surface area contributed by atoms with E-state index < -0.39 is 13.9 Å². The van der Waals surface area contributed by atoms with Crippen molar-refractivity contribution < 1.29 is 18.8 Å². The molecule has 2 aromatic carbocycles. The third-order valence-electron chi connectivity index (χ3n) is 6.49. The van der Waals surface area contributed by atoms with Crippen molar-refractivity contribution in [1.82, 2.24) is 4.90 Å². The molecule has 2 aromatic rings. The molecule has 5 nitrogen and oxygen atoms in total. The first-order valence-electron chi connectivity index (χ1n) is 12.2. The zero-order chi connectivity index (χ0) is 25.0. The van der Waals surface area contributed by atoms with Crippen LogP contribution in [0, 0.1) is 5.92 Å². The van der Waals surface area contributed by atoms with Crippen LogP contribution in [-0.2, 0) is 14.0 Å². The fourth-order valence-electron chi connectivity index (χ4n) is 4.91. The van der Waals surface area contributed by atoms with E-state index in [2.05, 4.69) is 69.3 Å². The Morgan fingerprint density at radius 1 is 0.971 bits per heavy atom. The van der Waals surface area contributed by atoms with Gasteiger partial charge in [0.25, 0.3) is 8.32 Å². The second kappa shape index (κ2) is 10.4. The summed E-state index contributed by atoms with van der Waals surface area (Å²) in [7, 11) is -2.74. The van der Waals surface area contributed by atoms with Gasteiger partial charge in [-0.25, -0.2) is 4.79 Å². The summed E-state index contributed by atoms with van der Waals surface area (Å²) in [4.78, 5) is 26.5. The Balaban J connectivity index is 2.00. The Labute approximate surface area is 205 Å². The summed E-state index contributed by atoms with van der Waals surface area (Å²) < 4.78 is 12.8. The zero-order valence-corrected chi connectivity index (χ0v) is 22.4. The van der Waals surface area contributed by atoms with E-state index in [9.17, 15) is 9.59 Å². The van der Waals surface area contributed by atoms with Gasteiger partial charge in [0, 0.05) is 12.5 Å². The van der Waals surface area contributed by atoms with Crippen molar-refractivity contribution in [2.24, 2.45) is 5.92 Å². The van der Waals surface area contributed by atoms with Crippen LogP contribution < -0.4 is 10.4 Å². The molecule has 2 atom stereocenters. The molecular weight excluding hydrogens is 442 g/mol. The fourth-order valence-corrected chi connectivity index (χ4v) is 9.51. The molecule has 1 heterocycles. The van der Waals surface area contributed by atoms with Gasteiger partial charge in [-0.2, -0.15) is 0 Å². The van der Waals surface area contributed by atoms with Crippen LogP contribution in [0.3, 0.4) is 0 Å². The van der Waals surface area contributed by atoms with Crippen molar-refractivity contribution in [2.45, 2.75) is 71.1 Å². The van der Waals surface area contributed by atoms with Gasteiger partial charge < -0.3 is 18.9 Å². The molecule has 0 spiro atoms. The van der Waals surface area contributed by atoms with E-state index in [0.29, 0.717) is 26.0 Å².